The molecule has 0 spiro atoms. The van der Waals surface area contributed by atoms with E-state index in [4.69, 9.17) is 14.4 Å². The Balaban J connectivity index is 2.26. The van der Waals surface area contributed by atoms with E-state index in [0.29, 0.717) is 17.9 Å². The second-order valence-corrected chi connectivity index (χ2v) is 10.6. The highest BCUT2D eigenvalue weighted by Crippen LogP contribution is 2.30. The maximum absolute atomic E-state index is 9.05. The summed E-state index contributed by atoms with van der Waals surface area (Å²) in [5, 5.41) is 9.28. The molecule has 5 nitrogen and oxygen atoms in total. The van der Waals surface area contributed by atoms with Gasteiger partial charge < -0.3 is 13.7 Å². The van der Waals surface area contributed by atoms with Gasteiger partial charge in [-0.15, -0.1) is 0 Å². The van der Waals surface area contributed by atoms with Crippen molar-refractivity contribution in [2.75, 3.05) is 7.11 Å². The molecule has 0 unspecified atom stereocenters. The third-order valence-electron chi connectivity index (χ3n) is 3.95. The fraction of sp³-hybridized carbons (Fsp3) is 0.474. The van der Waals surface area contributed by atoms with E-state index in [0.717, 1.165) is 11.3 Å². The Morgan fingerprint density at radius 1 is 1.24 bits per heavy atom. The minimum Gasteiger partial charge on any atom is -0.496 e. The number of nitrogens with zero attached hydrogens (tertiary/aromatic N) is 3. The van der Waals surface area contributed by atoms with Crippen LogP contribution in [0.2, 0.25) is 5.04 Å². The predicted octanol–water partition coefficient (Wildman–Crippen LogP) is 3.37. The molecule has 25 heavy (non-hydrogen) atoms. The van der Waals surface area contributed by atoms with Crippen LogP contribution in [-0.2, 0) is 16.6 Å². The molecule has 1 aromatic heterocycles. The van der Waals surface area contributed by atoms with Gasteiger partial charge in [0.05, 0.1) is 49.1 Å². The molecule has 1 aromatic carbocycles. The van der Waals surface area contributed by atoms with E-state index in [9.17, 15) is 0 Å². The van der Waals surface area contributed by atoms with Gasteiger partial charge in [-0.05, 0) is 31.0 Å². The predicted molar refractivity (Wildman–Crippen MR) is 101 cm³/mol. The molecule has 0 bridgehead atoms. The largest absolute Gasteiger partial charge is 0.496 e. The molecule has 1 heterocycles. The molecule has 0 aliphatic heterocycles. The number of nitriles is 1. The Labute approximate surface area is 152 Å². The Hall–Kier alpha value is -2.10. The molecule has 0 radical (unpaired) electrons. The second-order valence-electron chi connectivity index (χ2n) is 7.90. The van der Waals surface area contributed by atoms with Crippen LogP contribution >= 0.6 is 0 Å². The first-order valence-corrected chi connectivity index (χ1v) is 9.66. The van der Waals surface area contributed by atoms with Crippen LogP contribution in [0.5, 0.6) is 5.75 Å². The first kappa shape index (κ1) is 19.2. The van der Waals surface area contributed by atoms with Crippen LogP contribution < -0.4 is 4.74 Å². The van der Waals surface area contributed by atoms with Crippen LogP contribution in [0.25, 0.3) is 0 Å². The summed E-state index contributed by atoms with van der Waals surface area (Å²) in [4.78, 5) is 4.32. The molecule has 0 amide bonds. The van der Waals surface area contributed by atoms with Crippen molar-refractivity contribution in [3.63, 3.8) is 0 Å². The fourth-order valence-electron chi connectivity index (χ4n) is 2.55. The molecule has 0 saturated carbocycles. The number of imidazole rings is 1. The standard InChI is InChI=1S/C19H27N3O2Si/c1-18(2,3)25-24-19(4,5)17-11-21-13-22(17)12-15-8-7-14(10-20)9-16(15)23-6/h7-9,11,13H,12,25H2,1-6H3. The van der Waals surface area contributed by atoms with E-state index in [1.165, 1.54) is 0 Å². The van der Waals surface area contributed by atoms with Crippen LogP contribution in [0.4, 0.5) is 0 Å². The number of ether oxygens (including phenoxy) is 1. The van der Waals surface area contributed by atoms with Crippen LogP contribution in [0.15, 0.2) is 30.7 Å². The number of aromatic nitrogens is 2. The minimum atomic E-state index is -0.686. The van der Waals surface area contributed by atoms with Gasteiger partial charge in [-0.25, -0.2) is 4.98 Å². The Morgan fingerprint density at radius 2 is 1.96 bits per heavy atom. The maximum Gasteiger partial charge on any atom is 0.168 e. The zero-order valence-electron chi connectivity index (χ0n) is 16.0. The van der Waals surface area contributed by atoms with Gasteiger partial charge in [-0.1, -0.05) is 26.8 Å². The average molecular weight is 358 g/mol. The summed E-state index contributed by atoms with van der Waals surface area (Å²) in [5.41, 5.74) is 2.24. The van der Waals surface area contributed by atoms with Gasteiger partial charge in [0.1, 0.15) is 5.75 Å². The Kier molecular flexibility index (Phi) is 5.71. The van der Waals surface area contributed by atoms with Gasteiger partial charge in [-0.3, -0.25) is 0 Å². The molecule has 0 aliphatic carbocycles. The number of hydrogen-bond acceptors (Lipinski definition) is 4. The lowest BCUT2D eigenvalue weighted by atomic mass is 10.1. The minimum absolute atomic E-state index is 0.235. The first-order chi connectivity index (χ1) is 11.7. The number of rotatable bonds is 6. The van der Waals surface area contributed by atoms with Crippen LogP contribution in [0.1, 0.15) is 51.4 Å². The van der Waals surface area contributed by atoms with Crippen molar-refractivity contribution in [3.8, 4) is 11.8 Å². The Bertz CT molecular complexity index is 770. The van der Waals surface area contributed by atoms with E-state index in [1.807, 2.05) is 24.7 Å². The molecule has 0 fully saturated rings. The van der Waals surface area contributed by atoms with Crippen molar-refractivity contribution in [2.45, 2.75) is 51.8 Å². The fourth-order valence-corrected chi connectivity index (χ4v) is 3.49. The molecule has 0 saturated heterocycles. The molecule has 0 N–H and O–H groups in total. The number of hydrogen-bond donors (Lipinski definition) is 0. The quantitative estimate of drug-likeness (QED) is 0.744. The highest BCUT2D eigenvalue weighted by atomic mass is 28.2. The molecule has 0 aliphatic rings. The molecule has 134 valence electrons. The van der Waals surface area contributed by atoms with Crippen molar-refractivity contribution in [2.24, 2.45) is 0 Å². The molecular formula is C19H27N3O2Si. The number of benzene rings is 1. The third-order valence-corrected chi connectivity index (χ3v) is 5.68. The highest BCUT2D eigenvalue weighted by Gasteiger charge is 2.27. The Morgan fingerprint density at radius 3 is 2.56 bits per heavy atom. The molecule has 2 rings (SSSR count). The number of methoxy groups -OCH3 is 1. The summed E-state index contributed by atoms with van der Waals surface area (Å²) < 4.78 is 13.8. The van der Waals surface area contributed by atoms with Gasteiger partial charge in [0.25, 0.3) is 0 Å². The lowest BCUT2D eigenvalue weighted by Crippen LogP contribution is -2.30. The van der Waals surface area contributed by atoms with Crippen molar-refractivity contribution in [3.05, 3.63) is 47.5 Å². The van der Waals surface area contributed by atoms with Crippen molar-refractivity contribution in [1.29, 1.82) is 5.26 Å². The van der Waals surface area contributed by atoms with Gasteiger partial charge >= 0.3 is 0 Å². The van der Waals surface area contributed by atoms with E-state index >= 15 is 0 Å². The average Bonchev–Trinajstić information content (AvgIpc) is 3.02. The summed E-state index contributed by atoms with van der Waals surface area (Å²) >= 11 is 0. The monoisotopic (exact) mass is 357 g/mol. The molecule has 2 aromatic rings. The highest BCUT2D eigenvalue weighted by molar-refractivity contribution is 6.31. The van der Waals surface area contributed by atoms with Crippen molar-refractivity contribution < 1.29 is 9.16 Å². The lowest BCUT2D eigenvalue weighted by molar-refractivity contribution is 0.100. The SMILES string of the molecule is COc1cc(C#N)ccc1Cn1cncc1C(C)(C)O[SiH2]C(C)(C)C. The van der Waals surface area contributed by atoms with Gasteiger partial charge in [0.2, 0.25) is 0 Å². The van der Waals surface area contributed by atoms with Crippen molar-refractivity contribution in [1.82, 2.24) is 9.55 Å². The zero-order chi connectivity index (χ0) is 18.7. The zero-order valence-corrected chi connectivity index (χ0v) is 17.4. The van der Waals surface area contributed by atoms with E-state index in [1.54, 1.807) is 13.2 Å². The second kappa shape index (κ2) is 7.42. The van der Waals surface area contributed by atoms with E-state index < -0.39 is 15.4 Å². The van der Waals surface area contributed by atoms with E-state index in [-0.39, 0.29) is 5.04 Å². The summed E-state index contributed by atoms with van der Waals surface area (Å²) in [6, 6.07) is 7.64. The molecule has 0 atom stereocenters. The summed E-state index contributed by atoms with van der Waals surface area (Å²) in [6.07, 6.45) is 3.68. The smallest absolute Gasteiger partial charge is 0.168 e. The first-order valence-electron chi connectivity index (χ1n) is 8.38. The lowest BCUT2D eigenvalue weighted by Gasteiger charge is -2.30. The third kappa shape index (κ3) is 4.94. The van der Waals surface area contributed by atoms with Gasteiger partial charge in [-0.2, -0.15) is 5.26 Å². The van der Waals surface area contributed by atoms with Crippen LogP contribution in [0.3, 0.4) is 0 Å². The topological polar surface area (TPSA) is 60.1 Å². The van der Waals surface area contributed by atoms with Crippen LogP contribution in [0, 0.1) is 11.3 Å². The van der Waals surface area contributed by atoms with Crippen molar-refractivity contribution >= 4 is 9.76 Å². The van der Waals surface area contributed by atoms with Crippen LogP contribution in [-0.4, -0.2) is 26.4 Å². The summed E-state index contributed by atoms with van der Waals surface area (Å²) in [6.45, 7) is 11.5. The van der Waals surface area contributed by atoms with E-state index in [2.05, 4.69) is 50.2 Å². The molecule has 6 heteroatoms. The maximum atomic E-state index is 9.05. The van der Waals surface area contributed by atoms with Gasteiger partial charge in [0.15, 0.2) is 9.76 Å². The summed E-state index contributed by atoms with van der Waals surface area (Å²) in [7, 11) is 0.936. The summed E-state index contributed by atoms with van der Waals surface area (Å²) in [5.74, 6) is 0.710. The normalized spacial score (nSPS) is 12.5. The molecular weight excluding hydrogens is 330 g/mol. The van der Waals surface area contributed by atoms with Gasteiger partial charge in [0, 0.05) is 5.56 Å².